The molecule has 3 aromatic rings. The molecule has 3 rings (SSSR count). The molecule has 0 aliphatic rings. The van der Waals surface area contributed by atoms with Gasteiger partial charge in [-0.1, -0.05) is 43.0 Å². The normalized spacial score (nSPS) is 10.7. The first-order valence-corrected chi connectivity index (χ1v) is 7.52. The lowest BCUT2D eigenvalue weighted by Crippen LogP contribution is -2.08. The molecule has 0 saturated heterocycles. The molecule has 0 radical (unpaired) electrons. The molecule has 1 N–H and O–H groups in total. The summed E-state index contributed by atoms with van der Waals surface area (Å²) in [5, 5.41) is 17.5. The zero-order valence-corrected chi connectivity index (χ0v) is 13.3. The second-order valence-corrected chi connectivity index (χ2v) is 5.47. The zero-order valence-electron chi connectivity index (χ0n) is 13.3. The van der Waals surface area contributed by atoms with Crippen LogP contribution in [0.2, 0.25) is 0 Å². The fourth-order valence-electron chi connectivity index (χ4n) is 2.52. The number of nitrogens with zero attached hydrogens (tertiary/aromatic N) is 3. The summed E-state index contributed by atoms with van der Waals surface area (Å²) < 4.78 is 5.19. The lowest BCUT2D eigenvalue weighted by Gasteiger charge is -2.11. The van der Waals surface area contributed by atoms with Gasteiger partial charge in [0.1, 0.15) is 11.0 Å². The molecule has 0 aliphatic heterocycles. The van der Waals surface area contributed by atoms with E-state index in [0.29, 0.717) is 28.0 Å². The van der Waals surface area contributed by atoms with E-state index in [9.17, 15) is 10.0 Å². The molecule has 0 atom stereocenters. The van der Waals surface area contributed by atoms with Crippen molar-refractivity contribution in [1.82, 2.24) is 15.2 Å². The summed E-state index contributed by atoms with van der Waals surface area (Å²) in [4.78, 5) is 12.1. The number of ether oxygens (including phenoxy) is 1. The van der Waals surface area contributed by atoms with Gasteiger partial charge in [-0.15, -0.1) is 10.2 Å². The van der Waals surface area contributed by atoms with Crippen molar-refractivity contribution >= 4 is 17.0 Å². The average molecular weight is 323 g/mol. The highest BCUT2D eigenvalue weighted by Gasteiger charge is 2.15. The number of benzene rings is 2. The summed E-state index contributed by atoms with van der Waals surface area (Å²) in [6, 6.07) is 13.4. The maximum Gasteiger partial charge on any atom is 0.333 e. The van der Waals surface area contributed by atoms with Crippen molar-refractivity contribution in [3.05, 3.63) is 60.2 Å². The number of carbonyl (C=O) groups is 1. The van der Waals surface area contributed by atoms with Crippen LogP contribution in [0, 0.1) is 0 Å². The van der Waals surface area contributed by atoms with Crippen LogP contribution in [-0.2, 0) is 16.0 Å². The minimum Gasteiger partial charge on any atom is -0.462 e. The maximum atomic E-state index is 11.5. The third-order valence-corrected chi connectivity index (χ3v) is 3.65. The highest BCUT2D eigenvalue weighted by Crippen LogP contribution is 2.30. The third-order valence-electron chi connectivity index (χ3n) is 3.65. The van der Waals surface area contributed by atoms with Gasteiger partial charge in [0.15, 0.2) is 0 Å². The molecule has 0 aliphatic carbocycles. The quantitative estimate of drug-likeness (QED) is 0.444. The monoisotopic (exact) mass is 323 g/mol. The molecule has 24 heavy (non-hydrogen) atoms. The molecule has 0 fully saturated rings. The fraction of sp³-hybridized carbons (Fsp3) is 0.167. The van der Waals surface area contributed by atoms with Crippen LogP contribution in [0.25, 0.3) is 22.2 Å². The number of esters is 1. The van der Waals surface area contributed by atoms with Gasteiger partial charge in [0, 0.05) is 17.6 Å². The van der Waals surface area contributed by atoms with E-state index in [2.05, 4.69) is 16.8 Å². The Bertz CT molecular complexity index is 901. The predicted octanol–water partition coefficient (Wildman–Crippen LogP) is 3.00. The van der Waals surface area contributed by atoms with Crippen LogP contribution in [0.5, 0.6) is 0 Å². The molecule has 2 aromatic carbocycles. The van der Waals surface area contributed by atoms with Crippen LogP contribution in [0.3, 0.4) is 0 Å². The van der Waals surface area contributed by atoms with Gasteiger partial charge in [0.2, 0.25) is 0 Å². The first-order valence-electron chi connectivity index (χ1n) is 7.52. The Morgan fingerprint density at radius 3 is 2.67 bits per heavy atom. The molecule has 0 bridgehead atoms. The van der Waals surface area contributed by atoms with E-state index in [0.717, 1.165) is 16.7 Å². The molecule has 0 saturated carbocycles. The number of carbonyl (C=O) groups excluding carboxylic acids is 1. The Morgan fingerprint density at radius 1 is 1.21 bits per heavy atom. The van der Waals surface area contributed by atoms with E-state index in [4.69, 9.17) is 4.74 Å². The third kappa shape index (κ3) is 3.12. The van der Waals surface area contributed by atoms with Gasteiger partial charge in [0.05, 0.1) is 6.61 Å². The topological polar surface area (TPSA) is 77.2 Å². The van der Waals surface area contributed by atoms with Crippen molar-refractivity contribution in [2.24, 2.45) is 0 Å². The van der Waals surface area contributed by atoms with Crippen molar-refractivity contribution in [3.63, 3.8) is 0 Å². The van der Waals surface area contributed by atoms with Crippen molar-refractivity contribution < 1.29 is 14.7 Å². The van der Waals surface area contributed by atoms with Gasteiger partial charge in [-0.05, 0) is 29.1 Å². The molecule has 0 unspecified atom stereocenters. The van der Waals surface area contributed by atoms with Crippen LogP contribution in [0.15, 0.2) is 54.6 Å². The summed E-state index contributed by atoms with van der Waals surface area (Å²) in [5.41, 5.74) is 4.37. The maximum absolute atomic E-state index is 11.5. The number of hydrogen-bond acceptors (Lipinski definition) is 5. The van der Waals surface area contributed by atoms with E-state index in [-0.39, 0.29) is 6.61 Å². The van der Waals surface area contributed by atoms with E-state index in [1.54, 1.807) is 13.0 Å². The van der Waals surface area contributed by atoms with E-state index in [1.807, 2.05) is 36.4 Å². The van der Waals surface area contributed by atoms with E-state index >= 15 is 0 Å². The molecule has 6 heteroatoms. The molecule has 6 nitrogen and oxygen atoms in total. The minimum atomic E-state index is -0.404. The summed E-state index contributed by atoms with van der Waals surface area (Å²) >= 11 is 0. The lowest BCUT2D eigenvalue weighted by molar-refractivity contribution is -0.138. The minimum absolute atomic E-state index is 0.240. The Kier molecular flexibility index (Phi) is 4.29. The molecule has 1 heterocycles. The highest BCUT2D eigenvalue weighted by atomic mass is 16.5. The molecular weight excluding hydrogens is 306 g/mol. The molecule has 122 valence electrons. The predicted molar refractivity (Wildman–Crippen MR) is 89.6 cm³/mol. The Hall–Kier alpha value is -3.15. The van der Waals surface area contributed by atoms with Crippen LogP contribution in [-0.4, -0.2) is 32.9 Å². The summed E-state index contributed by atoms with van der Waals surface area (Å²) in [6.45, 7) is 5.42. The van der Waals surface area contributed by atoms with Crippen molar-refractivity contribution in [2.45, 2.75) is 13.3 Å². The Balaban J connectivity index is 1.98. The fourth-order valence-corrected chi connectivity index (χ4v) is 2.52. The molecule has 1 aromatic heterocycles. The van der Waals surface area contributed by atoms with Crippen molar-refractivity contribution in [2.75, 3.05) is 6.61 Å². The van der Waals surface area contributed by atoms with E-state index in [1.165, 1.54) is 0 Å². The van der Waals surface area contributed by atoms with E-state index < -0.39 is 5.97 Å². The second-order valence-electron chi connectivity index (χ2n) is 5.47. The molecule has 0 amide bonds. The van der Waals surface area contributed by atoms with Gasteiger partial charge in [-0.2, -0.15) is 0 Å². The van der Waals surface area contributed by atoms with Crippen molar-refractivity contribution in [1.29, 1.82) is 0 Å². The standard InChI is InChI=1S/C18H17N3O3/c1-12(2)18(22)24-11-10-14-8-9-15-17(20-21(23)19-15)16(14)13-6-4-3-5-7-13/h3-9,23H,1,10-11H2,2H3. The number of aromatic nitrogens is 3. The summed E-state index contributed by atoms with van der Waals surface area (Å²) in [6.07, 6.45) is 0.525. The smallest absolute Gasteiger partial charge is 0.333 e. The Morgan fingerprint density at radius 2 is 1.96 bits per heavy atom. The van der Waals surface area contributed by atoms with Gasteiger partial charge >= 0.3 is 5.97 Å². The first kappa shape index (κ1) is 15.7. The Labute approximate surface area is 138 Å². The van der Waals surface area contributed by atoms with Gasteiger partial charge < -0.3 is 9.94 Å². The second kappa shape index (κ2) is 6.54. The molecular formula is C18H17N3O3. The van der Waals surface area contributed by atoms with Gasteiger partial charge in [-0.3, -0.25) is 0 Å². The van der Waals surface area contributed by atoms with Crippen LogP contribution in [0.1, 0.15) is 12.5 Å². The van der Waals surface area contributed by atoms with Crippen molar-refractivity contribution in [3.8, 4) is 11.1 Å². The van der Waals surface area contributed by atoms with Crippen LogP contribution < -0.4 is 0 Å². The first-order chi connectivity index (χ1) is 11.6. The van der Waals surface area contributed by atoms with Crippen LogP contribution >= 0.6 is 0 Å². The number of fused-ring (bicyclic) bond motifs is 1. The number of hydrogen-bond donors (Lipinski definition) is 1. The SMILES string of the molecule is C=C(C)C(=O)OCCc1ccc2nn(O)nc2c1-c1ccccc1. The number of rotatable bonds is 5. The highest BCUT2D eigenvalue weighted by molar-refractivity contribution is 5.93. The molecule has 0 spiro atoms. The zero-order chi connectivity index (χ0) is 17.1. The largest absolute Gasteiger partial charge is 0.462 e. The lowest BCUT2D eigenvalue weighted by atomic mass is 9.96. The average Bonchev–Trinajstić information content (AvgIpc) is 2.95. The summed E-state index contributed by atoms with van der Waals surface area (Å²) in [7, 11) is 0. The summed E-state index contributed by atoms with van der Waals surface area (Å²) in [5.74, 6) is -0.404. The van der Waals surface area contributed by atoms with Gasteiger partial charge in [-0.25, -0.2) is 4.79 Å². The van der Waals surface area contributed by atoms with Crippen LogP contribution in [0.4, 0.5) is 0 Å². The van der Waals surface area contributed by atoms with Gasteiger partial charge in [0.25, 0.3) is 0 Å².